The molecule has 2 fully saturated rings. The van der Waals surface area contributed by atoms with Gasteiger partial charge in [-0.3, -0.25) is 0 Å². The second-order valence-electron chi connectivity index (χ2n) is 14.9. The van der Waals surface area contributed by atoms with Crippen molar-refractivity contribution in [2.75, 3.05) is 12.8 Å². The molecule has 5 atom stereocenters. The van der Waals surface area contributed by atoms with E-state index in [2.05, 4.69) is 132 Å². The topological polar surface area (TPSA) is 36.9 Å². The molecule has 44 heavy (non-hydrogen) atoms. The zero-order valence-electron chi connectivity index (χ0n) is 28.2. The summed E-state index contributed by atoms with van der Waals surface area (Å²) in [6.07, 6.45) is 4.12. The molecule has 2 heterocycles. The summed E-state index contributed by atoms with van der Waals surface area (Å²) < 4.78 is 26.5. The number of benzene rings is 3. The van der Waals surface area contributed by atoms with Gasteiger partial charge in [-0.15, -0.1) is 0 Å². The van der Waals surface area contributed by atoms with Gasteiger partial charge < -0.3 is 18.6 Å². The highest BCUT2D eigenvalue weighted by atomic mass is 31.2. The Labute approximate surface area is 268 Å². The minimum absolute atomic E-state index is 0.0113. The average molecular weight is 634 g/mol. The summed E-state index contributed by atoms with van der Waals surface area (Å²) in [7, 11) is -3.95. The molecule has 0 unspecified atom stereocenters. The predicted molar refractivity (Wildman–Crippen MR) is 189 cm³/mol. The Balaban J connectivity index is 1.42. The number of rotatable bonds is 11. The van der Waals surface area contributed by atoms with Crippen molar-refractivity contribution >= 4 is 31.5 Å². The third-order valence-corrected chi connectivity index (χ3v) is 19.1. The lowest BCUT2D eigenvalue weighted by Crippen LogP contribution is -2.48. The first-order valence-corrected chi connectivity index (χ1v) is 21.4. The molecule has 4 nitrogen and oxygen atoms in total. The maximum atomic E-state index is 7.15. The third-order valence-electron chi connectivity index (χ3n) is 10.2. The Morgan fingerprint density at radius 2 is 1.36 bits per heavy atom. The number of hydrogen-bond donors (Lipinski definition) is 0. The first-order valence-electron chi connectivity index (χ1n) is 16.5. The molecule has 0 aliphatic carbocycles. The highest BCUT2D eigenvalue weighted by Gasteiger charge is 2.49. The molecule has 5 rings (SSSR count). The van der Waals surface area contributed by atoms with Crippen LogP contribution in [0, 0.1) is 5.92 Å². The van der Waals surface area contributed by atoms with E-state index >= 15 is 0 Å². The molecule has 2 aliphatic heterocycles. The van der Waals surface area contributed by atoms with Crippen molar-refractivity contribution in [3.63, 3.8) is 0 Å². The lowest BCUT2D eigenvalue weighted by atomic mass is 9.96. The van der Waals surface area contributed by atoms with Gasteiger partial charge in [-0.1, -0.05) is 82.3 Å². The van der Waals surface area contributed by atoms with Crippen molar-refractivity contribution in [1.29, 1.82) is 0 Å². The van der Waals surface area contributed by atoms with Gasteiger partial charge in [0.25, 0.3) is 0 Å². The molecule has 2 saturated heterocycles. The van der Waals surface area contributed by atoms with Gasteiger partial charge in [0.05, 0.1) is 37.2 Å². The largest absolute Gasteiger partial charge is 0.411 e. The van der Waals surface area contributed by atoms with Crippen molar-refractivity contribution in [2.24, 2.45) is 5.92 Å². The Morgan fingerprint density at radius 1 is 0.864 bits per heavy atom. The molecular formula is C38H54O4PSi+. The standard InChI is InChI=1S/C38H54O4PSi/c1-29-26-35(36(42-44(7,8)37(2,3)4)27-30-28-39-38(5,6)41-30)40-34(29)24-25-43(31-18-12-9-13-19-31,32-20-14-10-15-21-32)33-22-16-11-17-23-33/h9-23,29-30,34-36H,24-28H2,1-8H3/q+1/t29-,30-,34-,35-,36-/m0/s1. The van der Waals surface area contributed by atoms with Crippen LogP contribution in [0.1, 0.15) is 60.8 Å². The predicted octanol–water partition coefficient (Wildman–Crippen LogP) is 8.10. The molecule has 6 heteroatoms. The molecular weight excluding hydrogens is 579 g/mol. The van der Waals surface area contributed by atoms with Crippen LogP contribution in [0.5, 0.6) is 0 Å². The highest BCUT2D eigenvalue weighted by Crippen LogP contribution is 2.56. The lowest BCUT2D eigenvalue weighted by molar-refractivity contribution is -0.144. The van der Waals surface area contributed by atoms with Crippen LogP contribution in [-0.2, 0) is 18.6 Å². The van der Waals surface area contributed by atoms with Gasteiger partial charge in [0, 0.05) is 12.8 Å². The molecule has 0 aromatic heterocycles. The molecule has 0 N–H and O–H groups in total. The fourth-order valence-corrected chi connectivity index (χ4v) is 12.4. The molecule has 2 aliphatic rings. The summed E-state index contributed by atoms with van der Waals surface area (Å²) in [6, 6.07) is 33.6. The normalized spacial score (nSPS) is 24.8. The summed E-state index contributed by atoms with van der Waals surface area (Å²) in [5.74, 6) is -0.0929. The van der Waals surface area contributed by atoms with E-state index in [1.54, 1.807) is 0 Å². The third kappa shape index (κ3) is 7.41. The molecule has 0 saturated carbocycles. The zero-order valence-corrected chi connectivity index (χ0v) is 30.1. The Bertz CT molecular complexity index is 1230. The fourth-order valence-electron chi connectivity index (χ4n) is 6.70. The van der Waals surface area contributed by atoms with E-state index < -0.39 is 21.4 Å². The van der Waals surface area contributed by atoms with Crippen molar-refractivity contribution in [3.8, 4) is 0 Å². The smallest absolute Gasteiger partial charge is 0.192 e. The van der Waals surface area contributed by atoms with Crippen LogP contribution in [0.25, 0.3) is 0 Å². The van der Waals surface area contributed by atoms with E-state index in [9.17, 15) is 0 Å². The van der Waals surface area contributed by atoms with Gasteiger partial charge in [0.1, 0.15) is 23.2 Å². The molecule has 3 aromatic carbocycles. The van der Waals surface area contributed by atoms with Crippen molar-refractivity contribution in [2.45, 2.75) is 109 Å². The highest BCUT2D eigenvalue weighted by molar-refractivity contribution is 7.95. The Hall–Kier alpha value is -1.85. The summed E-state index contributed by atoms with van der Waals surface area (Å²) in [6.45, 7) is 18.6. The molecule has 0 amide bonds. The Kier molecular flexibility index (Phi) is 10.3. The zero-order chi connectivity index (χ0) is 31.6. The summed E-state index contributed by atoms with van der Waals surface area (Å²) in [5, 5.41) is 4.41. The van der Waals surface area contributed by atoms with E-state index in [1.165, 1.54) is 15.9 Å². The van der Waals surface area contributed by atoms with E-state index in [1.807, 2.05) is 13.8 Å². The van der Waals surface area contributed by atoms with E-state index in [4.69, 9.17) is 18.6 Å². The number of hydrogen-bond acceptors (Lipinski definition) is 4. The van der Waals surface area contributed by atoms with Gasteiger partial charge in [-0.05, 0) is 80.7 Å². The minimum atomic E-state index is -2.04. The van der Waals surface area contributed by atoms with Gasteiger partial charge in [-0.25, -0.2) is 0 Å². The first-order chi connectivity index (χ1) is 20.8. The van der Waals surface area contributed by atoms with Gasteiger partial charge >= 0.3 is 0 Å². The molecule has 0 radical (unpaired) electrons. The summed E-state index contributed by atoms with van der Waals surface area (Å²) in [4.78, 5) is 0. The van der Waals surface area contributed by atoms with Crippen molar-refractivity contribution in [3.05, 3.63) is 91.0 Å². The average Bonchev–Trinajstić information content (AvgIpc) is 3.54. The fraction of sp³-hybridized carbons (Fsp3) is 0.526. The van der Waals surface area contributed by atoms with Crippen LogP contribution in [0.2, 0.25) is 18.1 Å². The lowest BCUT2D eigenvalue weighted by Gasteiger charge is -2.41. The van der Waals surface area contributed by atoms with Crippen LogP contribution in [0.3, 0.4) is 0 Å². The van der Waals surface area contributed by atoms with Gasteiger partial charge in [-0.2, -0.15) is 0 Å². The summed E-state index contributed by atoms with van der Waals surface area (Å²) in [5.41, 5.74) is 0. The molecule has 238 valence electrons. The van der Waals surface area contributed by atoms with Crippen molar-refractivity contribution in [1.82, 2.24) is 0 Å². The van der Waals surface area contributed by atoms with Gasteiger partial charge in [0.15, 0.2) is 14.1 Å². The maximum Gasteiger partial charge on any atom is 0.192 e. The van der Waals surface area contributed by atoms with Crippen LogP contribution >= 0.6 is 7.26 Å². The quantitative estimate of drug-likeness (QED) is 0.158. The molecule has 3 aromatic rings. The Morgan fingerprint density at radius 3 is 1.80 bits per heavy atom. The second kappa shape index (κ2) is 13.5. The van der Waals surface area contributed by atoms with Crippen LogP contribution in [-0.4, -0.2) is 51.3 Å². The second-order valence-corrected chi connectivity index (χ2v) is 23.2. The number of ether oxygens (including phenoxy) is 3. The first kappa shape index (κ1) is 33.5. The van der Waals surface area contributed by atoms with Crippen LogP contribution in [0.15, 0.2) is 91.0 Å². The van der Waals surface area contributed by atoms with E-state index in [-0.39, 0.29) is 29.5 Å². The summed E-state index contributed by atoms with van der Waals surface area (Å²) >= 11 is 0. The van der Waals surface area contributed by atoms with Crippen LogP contribution in [0.4, 0.5) is 0 Å². The van der Waals surface area contributed by atoms with E-state index in [0.29, 0.717) is 12.5 Å². The van der Waals surface area contributed by atoms with Crippen LogP contribution < -0.4 is 15.9 Å². The van der Waals surface area contributed by atoms with E-state index in [0.717, 1.165) is 25.4 Å². The van der Waals surface area contributed by atoms with Crippen molar-refractivity contribution < 1.29 is 18.6 Å². The molecule has 0 bridgehead atoms. The minimum Gasteiger partial charge on any atom is -0.411 e. The molecule has 0 spiro atoms. The maximum absolute atomic E-state index is 7.15. The monoisotopic (exact) mass is 633 g/mol. The van der Waals surface area contributed by atoms with Gasteiger partial charge in [0.2, 0.25) is 0 Å². The SMILES string of the molecule is C[C@H]1C[C@@H]([C@H](C[C@H]2COC(C)(C)O2)O[Si](C)(C)C(C)(C)C)O[C@H]1CC[P+](c1ccccc1)(c1ccccc1)c1ccccc1.